The van der Waals surface area contributed by atoms with Gasteiger partial charge < -0.3 is 0 Å². The third-order valence-electron chi connectivity index (χ3n) is 5.11. The van der Waals surface area contributed by atoms with Gasteiger partial charge in [-0.1, -0.05) is 90.4 Å². The average molecular weight is 392 g/mol. The Morgan fingerprint density at radius 2 is 1.11 bits per heavy atom. The Balaban J connectivity index is 1.98. The maximum Gasteiger partial charge on any atom is 0.178 e. The quantitative estimate of drug-likeness (QED) is 0.291. The van der Waals surface area contributed by atoms with Gasteiger partial charge in [0.1, 0.15) is 0 Å². The van der Waals surface area contributed by atoms with Crippen LogP contribution in [0.25, 0.3) is 0 Å². The first-order valence-corrected chi connectivity index (χ1v) is 12.5. The molecule has 0 bridgehead atoms. The predicted octanol–water partition coefficient (Wildman–Crippen LogP) is 6.81. The molecule has 1 rings (SSSR count). The van der Waals surface area contributed by atoms with Crippen LogP contribution in [0.2, 0.25) is 0 Å². The maximum atomic E-state index is 12.3. The van der Waals surface area contributed by atoms with Crippen molar-refractivity contribution in [3.05, 3.63) is 29.8 Å². The van der Waals surface area contributed by atoms with Crippen molar-refractivity contribution in [2.75, 3.05) is 5.75 Å². The molecule has 27 heavy (non-hydrogen) atoms. The molecular formula is C23H37NO2S. The molecule has 0 fully saturated rings. The number of sulfone groups is 1. The molecular weight excluding hydrogens is 354 g/mol. The van der Waals surface area contributed by atoms with E-state index in [1.807, 2.05) is 6.07 Å². The van der Waals surface area contributed by atoms with Crippen LogP contribution in [0.1, 0.15) is 102 Å². The SMILES string of the molecule is CCCCCCCCCCCCCCCCS(=O)(=O)c1ccc(C#N)cc1. The highest BCUT2D eigenvalue weighted by Crippen LogP contribution is 2.16. The average Bonchev–Trinajstić information content (AvgIpc) is 2.68. The lowest BCUT2D eigenvalue weighted by molar-refractivity contribution is 0.537. The van der Waals surface area contributed by atoms with Gasteiger partial charge in [-0.2, -0.15) is 5.26 Å². The lowest BCUT2D eigenvalue weighted by Crippen LogP contribution is -2.06. The standard InChI is InChI=1S/C23H37NO2S/c1-2-3-4-5-6-7-8-9-10-11-12-13-14-15-20-27(25,26)23-18-16-22(21-24)17-19-23/h16-19H,2-15,20H2,1H3. The first kappa shape index (κ1) is 23.7. The van der Waals surface area contributed by atoms with Gasteiger partial charge in [0, 0.05) is 0 Å². The third-order valence-corrected chi connectivity index (χ3v) is 6.93. The molecule has 0 spiro atoms. The van der Waals surface area contributed by atoms with Crippen molar-refractivity contribution in [2.24, 2.45) is 0 Å². The second-order valence-corrected chi connectivity index (χ2v) is 9.66. The fourth-order valence-corrected chi connectivity index (χ4v) is 4.71. The number of nitrogens with zero attached hydrogens (tertiary/aromatic N) is 1. The van der Waals surface area contributed by atoms with E-state index in [4.69, 9.17) is 5.26 Å². The van der Waals surface area contributed by atoms with Crippen molar-refractivity contribution >= 4 is 9.84 Å². The Labute approximate surface area is 167 Å². The van der Waals surface area contributed by atoms with E-state index in [1.54, 1.807) is 12.1 Å². The van der Waals surface area contributed by atoms with Crippen LogP contribution in [0.4, 0.5) is 0 Å². The van der Waals surface area contributed by atoms with E-state index >= 15 is 0 Å². The monoisotopic (exact) mass is 391 g/mol. The zero-order valence-electron chi connectivity index (χ0n) is 17.1. The number of benzene rings is 1. The lowest BCUT2D eigenvalue weighted by atomic mass is 10.0. The van der Waals surface area contributed by atoms with Crippen LogP contribution in [-0.4, -0.2) is 14.2 Å². The van der Waals surface area contributed by atoms with E-state index in [1.165, 1.54) is 82.8 Å². The van der Waals surface area contributed by atoms with Crippen LogP contribution in [0.15, 0.2) is 29.2 Å². The molecule has 0 unspecified atom stereocenters. The molecule has 0 aliphatic heterocycles. The minimum atomic E-state index is -3.21. The van der Waals surface area contributed by atoms with Crippen LogP contribution in [0.5, 0.6) is 0 Å². The molecule has 4 heteroatoms. The number of hydrogen-bond acceptors (Lipinski definition) is 3. The van der Waals surface area contributed by atoms with E-state index in [9.17, 15) is 8.42 Å². The summed E-state index contributed by atoms with van der Waals surface area (Å²) in [6.07, 6.45) is 17.6. The van der Waals surface area contributed by atoms with Gasteiger partial charge in [0.25, 0.3) is 0 Å². The van der Waals surface area contributed by atoms with Gasteiger partial charge in [0.15, 0.2) is 9.84 Å². The number of rotatable bonds is 16. The van der Waals surface area contributed by atoms with E-state index in [2.05, 4.69) is 6.92 Å². The van der Waals surface area contributed by atoms with Crippen molar-refractivity contribution in [1.29, 1.82) is 5.26 Å². The number of hydrogen-bond donors (Lipinski definition) is 0. The summed E-state index contributed by atoms with van der Waals surface area (Å²) in [4.78, 5) is 0.330. The van der Waals surface area contributed by atoms with E-state index < -0.39 is 9.84 Å². The van der Waals surface area contributed by atoms with Crippen LogP contribution in [0.3, 0.4) is 0 Å². The van der Waals surface area contributed by atoms with Crippen molar-refractivity contribution in [3.63, 3.8) is 0 Å². The van der Waals surface area contributed by atoms with Crippen LogP contribution in [-0.2, 0) is 9.84 Å². The summed E-state index contributed by atoms with van der Waals surface area (Å²) in [5.74, 6) is 0.205. The molecule has 152 valence electrons. The molecule has 0 amide bonds. The Kier molecular flexibility index (Phi) is 12.9. The molecule has 0 saturated carbocycles. The molecule has 0 N–H and O–H groups in total. The molecule has 0 atom stereocenters. The van der Waals surface area contributed by atoms with Gasteiger partial charge in [0.05, 0.1) is 22.3 Å². The van der Waals surface area contributed by atoms with E-state index in [0.717, 1.165) is 19.3 Å². The summed E-state index contributed by atoms with van der Waals surface area (Å²) < 4.78 is 24.5. The van der Waals surface area contributed by atoms with E-state index in [0.29, 0.717) is 10.5 Å². The van der Waals surface area contributed by atoms with Crippen LogP contribution in [0, 0.1) is 11.3 Å². The largest absolute Gasteiger partial charge is 0.224 e. The highest BCUT2D eigenvalue weighted by atomic mass is 32.2. The maximum absolute atomic E-state index is 12.3. The zero-order valence-corrected chi connectivity index (χ0v) is 17.9. The van der Waals surface area contributed by atoms with Gasteiger partial charge in [-0.25, -0.2) is 8.42 Å². The smallest absolute Gasteiger partial charge is 0.178 e. The number of nitriles is 1. The fraction of sp³-hybridized carbons (Fsp3) is 0.696. The highest BCUT2D eigenvalue weighted by molar-refractivity contribution is 7.91. The molecule has 1 aromatic carbocycles. The van der Waals surface area contributed by atoms with Crippen molar-refractivity contribution in [3.8, 4) is 6.07 Å². The number of unbranched alkanes of at least 4 members (excludes halogenated alkanes) is 13. The summed E-state index contributed by atoms with van der Waals surface area (Å²) >= 11 is 0. The first-order valence-electron chi connectivity index (χ1n) is 10.8. The molecule has 0 aliphatic rings. The summed E-state index contributed by atoms with van der Waals surface area (Å²) in [6, 6.07) is 8.22. The topological polar surface area (TPSA) is 57.9 Å². The zero-order chi connectivity index (χ0) is 19.8. The van der Waals surface area contributed by atoms with Crippen molar-refractivity contribution < 1.29 is 8.42 Å². The Bertz CT molecular complexity index is 629. The molecule has 0 saturated heterocycles. The molecule has 0 aromatic heterocycles. The summed E-state index contributed by atoms with van der Waals surface area (Å²) in [6.45, 7) is 2.26. The predicted molar refractivity (Wildman–Crippen MR) is 114 cm³/mol. The van der Waals surface area contributed by atoms with Crippen LogP contribution < -0.4 is 0 Å². The normalized spacial score (nSPS) is 11.4. The summed E-state index contributed by atoms with van der Waals surface area (Å²) in [5.41, 5.74) is 0.491. The molecule has 0 heterocycles. The minimum absolute atomic E-state index is 0.205. The Hall–Kier alpha value is -1.34. The van der Waals surface area contributed by atoms with Crippen LogP contribution >= 0.6 is 0 Å². The lowest BCUT2D eigenvalue weighted by Gasteiger charge is -2.05. The summed E-state index contributed by atoms with van der Waals surface area (Å²) in [5, 5.41) is 8.78. The van der Waals surface area contributed by atoms with Gasteiger partial charge in [0.2, 0.25) is 0 Å². The highest BCUT2D eigenvalue weighted by Gasteiger charge is 2.13. The molecule has 1 aromatic rings. The van der Waals surface area contributed by atoms with Gasteiger partial charge in [-0.15, -0.1) is 0 Å². The molecule has 0 radical (unpaired) electrons. The van der Waals surface area contributed by atoms with Gasteiger partial charge in [-0.3, -0.25) is 0 Å². The van der Waals surface area contributed by atoms with E-state index in [-0.39, 0.29) is 5.75 Å². The van der Waals surface area contributed by atoms with Crippen molar-refractivity contribution in [1.82, 2.24) is 0 Å². The second-order valence-electron chi connectivity index (χ2n) is 7.55. The third kappa shape index (κ3) is 11.2. The minimum Gasteiger partial charge on any atom is -0.224 e. The molecule has 3 nitrogen and oxygen atoms in total. The molecule has 0 aliphatic carbocycles. The first-order chi connectivity index (χ1) is 13.1. The Morgan fingerprint density at radius 3 is 1.52 bits per heavy atom. The fourth-order valence-electron chi connectivity index (χ4n) is 3.34. The Morgan fingerprint density at radius 1 is 0.704 bits per heavy atom. The van der Waals surface area contributed by atoms with Gasteiger partial charge >= 0.3 is 0 Å². The summed E-state index contributed by atoms with van der Waals surface area (Å²) in [7, 11) is -3.21. The van der Waals surface area contributed by atoms with Crippen molar-refractivity contribution in [2.45, 2.75) is 102 Å². The van der Waals surface area contributed by atoms with Gasteiger partial charge in [-0.05, 0) is 30.7 Å². The second kappa shape index (κ2) is 14.7.